The fourth-order valence-corrected chi connectivity index (χ4v) is 3.54. The maximum absolute atomic E-state index is 11.5. The van der Waals surface area contributed by atoms with Gasteiger partial charge in [-0.15, -0.1) is 0 Å². The normalized spacial score (nSPS) is 15.4. The van der Waals surface area contributed by atoms with E-state index in [2.05, 4.69) is 20.9 Å². The molecule has 0 bridgehead atoms. The quantitative estimate of drug-likeness (QED) is 0.717. The largest absolute Gasteiger partial charge is 0.357 e. The molecule has 1 heterocycles. The van der Waals surface area contributed by atoms with Crippen LogP contribution in [0.1, 0.15) is 17.7 Å². The van der Waals surface area contributed by atoms with Crippen molar-refractivity contribution in [3.63, 3.8) is 0 Å². The van der Waals surface area contributed by atoms with Crippen LogP contribution in [-0.4, -0.2) is 10.8 Å². The fraction of sp³-hybridized carbons (Fsp3) is 0.250. The molecular weight excluding hydrogens is 325 g/mol. The van der Waals surface area contributed by atoms with Crippen molar-refractivity contribution in [3.05, 3.63) is 31.8 Å². The van der Waals surface area contributed by atoms with Gasteiger partial charge >= 0.3 is 0 Å². The Morgan fingerprint density at radius 1 is 1.29 bits per heavy atom. The molecule has 5 heteroatoms. The number of hydrogen-bond donors (Lipinski definition) is 1. The second-order valence-corrected chi connectivity index (χ2v) is 5.84. The minimum absolute atomic E-state index is 0.274. The van der Waals surface area contributed by atoms with E-state index in [0.29, 0.717) is 22.9 Å². The Hall–Kier alpha value is -0.510. The Morgan fingerprint density at radius 3 is 2.82 bits per heavy atom. The van der Waals surface area contributed by atoms with Gasteiger partial charge in [0.2, 0.25) is 0 Å². The minimum atomic E-state index is 0.274. The molecule has 0 unspecified atom stereocenters. The highest BCUT2D eigenvalue weighted by Crippen LogP contribution is 2.40. The predicted octanol–water partition coefficient (Wildman–Crippen LogP) is 4.30. The van der Waals surface area contributed by atoms with Crippen molar-refractivity contribution in [1.29, 1.82) is 0 Å². The number of aromatic nitrogens is 1. The third kappa shape index (κ3) is 1.72. The average Bonchev–Trinajstić information content (AvgIpc) is 2.65. The zero-order chi connectivity index (χ0) is 12.2. The summed E-state index contributed by atoms with van der Waals surface area (Å²) in [6, 6.07) is 1.78. The summed E-state index contributed by atoms with van der Waals surface area (Å²) in [6.45, 7) is 0. The van der Waals surface area contributed by atoms with Gasteiger partial charge in [-0.3, -0.25) is 4.79 Å². The van der Waals surface area contributed by atoms with E-state index in [-0.39, 0.29) is 5.78 Å². The molecule has 1 N–H and O–H groups in total. The molecule has 1 aliphatic carbocycles. The summed E-state index contributed by atoms with van der Waals surface area (Å²) in [7, 11) is 0. The van der Waals surface area contributed by atoms with Crippen molar-refractivity contribution < 1.29 is 4.79 Å². The van der Waals surface area contributed by atoms with Gasteiger partial charge in [-0.25, -0.2) is 0 Å². The van der Waals surface area contributed by atoms with Gasteiger partial charge in [-0.1, -0.05) is 39.1 Å². The van der Waals surface area contributed by atoms with Gasteiger partial charge in [0.15, 0.2) is 0 Å². The smallest absolute Gasteiger partial charge is 0.137 e. The van der Waals surface area contributed by atoms with Gasteiger partial charge < -0.3 is 4.98 Å². The maximum Gasteiger partial charge on any atom is 0.137 e. The molecule has 1 aliphatic rings. The lowest BCUT2D eigenvalue weighted by molar-refractivity contribution is -0.118. The second-order valence-electron chi connectivity index (χ2n) is 4.20. The molecular formula is C12H8BrCl2NO. The Bertz CT molecular complexity index is 648. The molecule has 17 heavy (non-hydrogen) atoms. The first kappa shape index (κ1) is 11.6. The van der Waals surface area contributed by atoms with Crippen LogP contribution in [0.3, 0.4) is 0 Å². The third-order valence-electron chi connectivity index (χ3n) is 3.14. The van der Waals surface area contributed by atoms with Crippen molar-refractivity contribution in [2.45, 2.75) is 19.3 Å². The number of carbonyl (C=O) groups is 1. The van der Waals surface area contributed by atoms with E-state index in [1.165, 1.54) is 0 Å². The van der Waals surface area contributed by atoms with Crippen molar-refractivity contribution >= 4 is 55.8 Å². The molecule has 1 aromatic carbocycles. The lowest BCUT2D eigenvalue weighted by atomic mass is 9.95. The predicted molar refractivity (Wildman–Crippen MR) is 73.1 cm³/mol. The van der Waals surface area contributed by atoms with E-state index >= 15 is 0 Å². The van der Waals surface area contributed by atoms with Crippen LogP contribution < -0.4 is 0 Å². The number of aryl methyl sites for hydroxylation is 1. The zero-order valence-corrected chi connectivity index (χ0v) is 11.8. The van der Waals surface area contributed by atoms with Gasteiger partial charge in [0.25, 0.3) is 0 Å². The summed E-state index contributed by atoms with van der Waals surface area (Å²) >= 11 is 15.7. The second kappa shape index (κ2) is 4.01. The number of hydrogen-bond acceptors (Lipinski definition) is 1. The summed E-state index contributed by atoms with van der Waals surface area (Å²) in [5.74, 6) is 0.274. The van der Waals surface area contributed by atoms with Crippen LogP contribution in [0, 0.1) is 0 Å². The summed E-state index contributed by atoms with van der Waals surface area (Å²) in [5, 5.41) is 2.02. The number of benzene rings is 1. The molecule has 0 radical (unpaired) electrons. The van der Waals surface area contributed by atoms with Crippen molar-refractivity contribution in [1.82, 2.24) is 4.98 Å². The summed E-state index contributed by atoms with van der Waals surface area (Å²) < 4.78 is 0.883. The number of carbonyl (C=O) groups excluding carboxylic acids is 1. The molecule has 3 rings (SSSR count). The van der Waals surface area contributed by atoms with E-state index in [0.717, 1.165) is 33.1 Å². The van der Waals surface area contributed by atoms with Crippen molar-refractivity contribution in [2.24, 2.45) is 0 Å². The van der Waals surface area contributed by atoms with Crippen molar-refractivity contribution in [3.8, 4) is 0 Å². The van der Waals surface area contributed by atoms with Crippen molar-refractivity contribution in [2.75, 3.05) is 0 Å². The van der Waals surface area contributed by atoms with E-state index < -0.39 is 0 Å². The Balaban J connectivity index is 2.40. The monoisotopic (exact) mass is 331 g/mol. The standard InChI is InChI=1S/C12H8BrCl2NO/c13-7-4-8(14)11(15)12-10(7)6-3-5(17)1-2-9(6)16-12/h4,16H,1-3H2. The Morgan fingerprint density at radius 2 is 2.06 bits per heavy atom. The molecule has 0 aliphatic heterocycles. The number of halogens is 3. The van der Waals surface area contributed by atoms with Gasteiger partial charge in [0.1, 0.15) is 5.78 Å². The summed E-state index contributed by atoms with van der Waals surface area (Å²) in [6.07, 6.45) is 1.83. The molecule has 0 fully saturated rings. The van der Waals surface area contributed by atoms with Crippen LogP contribution in [0.4, 0.5) is 0 Å². The van der Waals surface area contributed by atoms with Crippen LogP contribution in [0.2, 0.25) is 10.0 Å². The number of aromatic amines is 1. The first-order chi connectivity index (χ1) is 8.08. The van der Waals surface area contributed by atoms with E-state index in [9.17, 15) is 4.79 Å². The topological polar surface area (TPSA) is 32.9 Å². The van der Waals surface area contributed by atoms with E-state index in [1.807, 2.05) is 0 Å². The van der Waals surface area contributed by atoms with Gasteiger partial charge in [0, 0.05) is 28.4 Å². The number of Topliss-reactive ketones (excluding diaryl/α,β-unsaturated/α-hetero) is 1. The highest BCUT2D eigenvalue weighted by atomic mass is 79.9. The van der Waals surface area contributed by atoms with E-state index in [1.54, 1.807) is 6.07 Å². The molecule has 2 nitrogen and oxygen atoms in total. The molecule has 0 atom stereocenters. The Kier molecular flexibility index (Phi) is 2.73. The van der Waals surface area contributed by atoms with Crippen LogP contribution in [0.25, 0.3) is 10.9 Å². The Labute approximate surface area is 116 Å². The summed E-state index contributed by atoms with van der Waals surface area (Å²) in [5.41, 5.74) is 2.98. The first-order valence-corrected chi connectivity index (χ1v) is 6.81. The molecule has 2 aromatic rings. The number of H-pyrrole nitrogens is 1. The number of nitrogens with one attached hydrogen (secondary N) is 1. The highest BCUT2D eigenvalue weighted by Gasteiger charge is 2.23. The van der Waals surface area contributed by atoms with Gasteiger partial charge in [0.05, 0.1) is 15.6 Å². The number of fused-ring (bicyclic) bond motifs is 3. The number of rotatable bonds is 0. The molecule has 0 saturated carbocycles. The van der Waals surface area contributed by atoms with Crippen LogP contribution in [-0.2, 0) is 17.6 Å². The molecule has 88 valence electrons. The van der Waals surface area contributed by atoms with Gasteiger partial charge in [-0.05, 0) is 18.1 Å². The fourth-order valence-electron chi connectivity index (χ4n) is 2.34. The SMILES string of the molecule is O=C1CCc2[nH]c3c(Cl)c(Cl)cc(Br)c3c2C1. The first-order valence-electron chi connectivity index (χ1n) is 5.26. The van der Waals surface area contributed by atoms with Crippen LogP contribution in [0.5, 0.6) is 0 Å². The third-order valence-corrected chi connectivity index (χ3v) is 4.55. The molecule has 0 spiro atoms. The minimum Gasteiger partial charge on any atom is -0.357 e. The maximum atomic E-state index is 11.5. The average molecular weight is 333 g/mol. The van der Waals surface area contributed by atoms with Crippen LogP contribution in [0.15, 0.2) is 10.5 Å². The lowest BCUT2D eigenvalue weighted by Crippen LogP contribution is -2.12. The highest BCUT2D eigenvalue weighted by molar-refractivity contribution is 9.10. The number of ketones is 1. The lowest BCUT2D eigenvalue weighted by Gasteiger charge is -2.10. The van der Waals surface area contributed by atoms with E-state index in [4.69, 9.17) is 23.2 Å². The molecule has 0 amide bonds. The van der Waals surface area contributed by atoms with Crippen LogP contribution >= 0.6 is 39.1 Å². The molecule has 1 aromatic heterocycles. The molecule has 0 saturated heterocycles. The zero-order valence-electron chi connectivity index (χ0n) is 8.74. The van der Waals surface area contributed by atoms with Gasteiger partial charge in [-0.2, -0.15) is 0 Å². The summed E-state index contributed by atoms with van der Waals surface area (Å²) in [4.78, 5) is 14.8.